The lowest BCUT2D eigenvalue weighted by Gasteiger charge is -2.17. The van der Waals surface area contributed by atoms with Crippen LogP contribution >= 0.6 is 11.6 Å². The van der Waals surface area contributed by atoms with E-state index in [0.717, 1.165) is 19.4 Å². The van der Waals surface area contributed by atoms with Gasteiger partial charge in [-0.2, -0.15) is 0 Å². The van der Waals surface area contributed by atoms with Crippen LogP contribution in [0.4, 0.5) is 0 Å². The number of aliphatic hydroxyl groups excluding tert-OH is 1. The predicted molar refractivity (Wildman–Crippen MR) is 83.8 cm³/mol. The summed E-state index contributed by atoms with van der Waals surface area (Å²) in [6, 6.07) is 6.87. The maximum atomic E-state index is 11.9. The molecule has 0 spiro atoms. The van der Waals surface area contributed by atoms with Crippen molar-refractivity contribution in [3.63, 3.8) is 0 Å². The van der Waals surface area contributed by atoms with E-state index in [0.29, 0.717) is 17.2 Å². The Kier molecular flexibility index (Phi) is 6.64. The van der Waals surface area contributed by atoms with Crippen LogP contribution in [0.25, 0.3) is 0 Å². The topological polar surface area (TPSA) is 67.8 Å². The van der Waals surface area contributed by atoms with Crippen LogP contribution in [-0.2, 0) is 14.3 Å². The van der Waals surface area contributed by atoms with Gasteiger partial charge in [-0.3, -0.25) is 4.79 Å². The predicted octanol–water partition coefficient (Wildman–Crippen LogP) is 2.07. The fourth-order valence-corrected chi connectivity index (χ4v) is 2.37. The minimum atomic E-state index is -0.772. The Balaban J connectivity index is 1.70. The zero-order valence-electron chi connectivity index (χ0n) is 12.6. The summed E-state index contributed by atoms with van der Waals surface area (Å²) in [5, 5.41) is 13.3. The van der Waals surface area contributed by atoms with Crippen molar-refractivity contribution in [1.82, 2.24) is 5.32 Å². The van der Waals surface area contributed by atoms with Crippen LogP contribution in [-0.4, -0.2) is 43.0 Å². The van der Waals surface area contributed by atoms with Crippen molar-refractivity contribution in [2.75, 3.05) is 19.8 Å². The molecule has 2 N–H and O–H groups in total. The van der Waals surface area contributed by atoms with E-state index < -0.39 is 12.2 Å². The highest BCUT2D eigenvalue weighted by molar-refractivity contribution is 6.30. The van der Waals surface area contributed by atoms with Crippen LogP contribution in [0.3, 0.4) is 0 Å². The summed E-state index contributed by atoms with van der Waals surface area (Å²) in [7, 11) is 0. The molecule has 1 amide bonds. The van der Waals surface area contributed by atoms with Gasteiger partial charge in [0.1, 0.15) is 6.10 Å². The van der Waals surface area contributed by atoms with Gasteiger partial charge in [0.15, 0.2) is 0 Å². The van der Waals surface area contributed by atoms with Gasteiger partial charge in [0.25, 0.3) is 0 Å². The second-order valence-electron chi connectivity index (χ2n) is 5.42. The molecule has 5 nitrogen and oxygen atoms in total. The summed E-state index contributed by atoms with van der Waals surface area (Å²) >= 11 is 5.80. The fraction of sp³-hybridized carbons (Fsp3) is 0.562. The van der Waals surface area contributed by atoms with Gasteiger partial charge in [-0.25, -0.2) is 0 Å². The Morgan fingerprint density at radius 1 is 1.50 bits per heavy atom. The van der Waals surface area contributed by atoms with Crippen molar-refractivity contribution >= 4 is 17.5 Å². The lowest BCUT2D eigenvalue weighted by Crippen LogP contribution is -2.38. The molecule has 0 radical (unpaired) electrons. The van der Waals surface area contributed by atoms with Crippen molar-refractivity contribution in [3.8, 4) is 0 Å². The molecule has 0 aromatic heterocycles. The van der Waals surface area contributed by atoms with Crippen molar-refractivity contribution in [2.45, 2.75) is 38.1 Å². The lowest BCUT2D eigenvalue weighted by atomic mass is 10.1. The van der Waals surface area contributed by atoms with Crippen LogP contribution in [0.2, 0.25) is 5.02 Å². The molecular weight excluding hydrogens is 306 g/mol. The van der Waals surface area contributed by atoms with Gasteiger partial charge in [0.2, 0.25) is 5.91 Å². The first-order valence-corrected chi connectivity index (χ1v) is 7.88. The van der Waals surface area contributed by atoms with Crippen molar-refractivity contribution in [1.29, 1.82) is 0 Å². The van der Waals surface area contributed by atoms with E-state index in [2.05, 4.69) is 5.32 Å². The van der Waals surface area contributed by atoms with Gasteiger partial charge >= 0.3 is 0 Å². The molecule has 0 bridgehead atoms. The highest BCUT2D eigenvalue weighted by Gasteiger charge is 2.20. The molecule has 0 saturated carbocycles. The molecule has 1 heterocycles. The summed E-state index contributed by atoms with van der Waals surface area (Å²) < 4.78 is 10.9. The number of amides is 1. The Morgan fingerprint density at radius 2 is 2.23 bits per heavy atom. The molecule has 0 unspecified atom stereocenters. The van der Waals surface area contributed by atoms with E-state index in [1.54, 1.807) is 31.2 Å². The molecule has 1 aliphatic rings. The monoisotopic (exact) mass is 327 g/mol. The summed E-state index contributed by atoms with van der Waals surface area (Å²) in [4.78, 5) is 11.9. The van der Waals surface area contributed by atoms with Gasteiger partial charge < -0.3 is 19.9 Å². The van der Waals surface area contributed by atoms with Gasteiger partial charge in [0.05, 0.1) is 18.8 Å². The van der Waals surface area contributed by atoms with Crippen LogP contribution < -0.4 is 5.32 Å². The van der Waals surface area contributed by atoms with E-state index in [4.69, 9.17) is 21.1 Å². The number of carbonyl (C=O) groups excluding carboxylic acids is 1. The Bertz CT molecular complexity index is 474. The molecule has 6 heteroatoms. The number of carbonyl (C=O) groups is 1. The first kappa shape index (κ1) is 17.2. The van der Waals surface area contributed by atoms with Gasteiger partial charge in [-0.05, 0) is 37.5 Å². The first-order valence-electron chi connectivity index (χ1n) is 7.50. The molecular formula is C16H22ClNO4. The highest BCUT2D eigenvalue weighted by atomic mass is 35.5. The second-order valence-corrected chi connectivity index (χ2v) is 5.86. The van der Waals surface area contributed by atoms with Crippen LogP contribution in [0.5, 0.6) is 0 Å². The van der Waals surface area contributed by atoms with E-state index in [1.165, 1.54) is 0 Å². The average Bonchev–Trinajstić information content (AvgIpc) is 3.04. The van der Waals surface area contributed by atoms with Crippen LogP contribution in [0.15, 0.2) is 24.3 Å². The molecule has 1 aliphatic heterocycles. The summed E-state index contributed by atoms with van der Waals surface area (Å²) in [5.41, 5.74) is 0.706. The first-order chi connectivity index (χ1) is 10.6. The smallest absolute Gasteiger partial charge is 0.248 e. The fourth-order valence-electron chi connectivity index (χ4n) is 2.25. The number of hydrogen-bond acceptors (Lipinski definition) is 4. The zero-order chi connectivity index (χ0) is 15.9. The minimum absolute atomic E-state index is 0.0925. The molecule has 0 aliphatic carbocycles. The zero-order valence-corrected chi connectivity index (χ0v) is 13.4. The standard InChI is InChI=1S/C16H22ClNO4/c1-11(22-10-14-3-2-8-21-14)16(20)18-9-15(19)12-4-6-13(17)7-5-12/h4-7,11,14-15,19H,2-3,8-10H2,1H3,(H,18,20)/t11-,14-,15+/m0/s1. The molecule has 1 aromatic carbocycles. The number of halogens is 1. The normalized spacial score (nSPS) is 20.6. The van der Waals surface area contributed by atoms with Crippen LogP contribution in [0, 0.1) is 0 Å². The minimum Gasteiger partial charge on any atom is -0.387 e. The second kappa shape index (κ2) is 8.48. The maximum absolute atomic E-state index is 11.9. The van der Waals surface area contributed by atoms with Crippen molar-refractivity contribution in [2.24, 2.45) is 0 Å². The van der Waals surface area contributed by atoms with Crippen molar-refractivity contribution in [3.05, 3.63) is 34.9 Å². The SMILES string of the molecule is C[C@H](OC[C@@H]1CCCO1)C(=O)NC[C@@H](O)c1ccc(Cl)cc1. The van der Waals surface area contributed by atoms with Crippen molar-refractivity contribution < 1.29 is 19.4 Å². The quantitative estimate of drug-likeness (QED) is 0.804. The van der Waals surface area contributed by atoms with Gasteiger partial charge in [-0.15, -0.1) is 0 Å². The summed E-state index contributed by atoms with van der Waals surface area (Å²) in [5.74, 6) is -0.244. The number of ether oxygens (including phenoxy) is 2. The van der Waals surface area contributed by atoms with E-state index in [-0.39, 0.29) is 18.6 Å². The summed E-state index contributed by atoms with van der Waals surface area (Å²) in [6.07, 6.45) is 0.772. The van der Waals surface area contributed by atoms with E-state index in [1.807, 2.05) is 0 Å². The maximum Gasteiger partial charge on any atom is 0.248 e. The molecule has 3 atom stereocenters. The number of rotatable bonds is 7. The lowest BCUT2D eigenvalue weighted by molar-refractivity contribution is -0.134. The molecule has 1 saturated heterocycles. The average molecular weight is 328 g/mol. The number of aliphatic hydroxyl groups is 1. The summed E-state index contributed by atoms with van der Waals surface area (Å²) in [6.45, 7) is 3.02. The third-order valence-corrected chi connectivity index (χ3v) is 3.90. The van der Waals surface area contributed by atoms with Gasteiger partial charge in [0, 0.05) is 18.2 Å². The number of nitrogens with one attached hydrogen (secondary N) is 1. The van der Waals surface area contributed by atoms with E-state index in [9.17, 15) is 9.90 Å². The molecule has 122 valence electrons. The molecule has 1 fully saturated rings. The Morgan fingerprint density at radius 3 is 2.86 bits per heavy atom. The van der Waals surface area contributed by atoms with Gasteiger partial charge in [-0.1, -0.05) is 23.7 Å². The molecule has 22 heavy (non-hydrogen) atoms. The Labute approximate surface area is 135 Å². The third-order valence-electron chi connectivity index (χ3n) is 3.65. The van der Waals surface area contributed by atoms with E-state index >= 15 is 0 Å². The number of hydrogen-bond donors (Lipinski definition) is 2. The van der Waals surface area contributed by atoms with Crippen LogP contribution in [0.1, 0.15) is 31.4 Å². The molecule has 1 aromatic rings. The highest BCUT2D eigenvalue weighted by Crippen LogP contribution is 2.16. The Hall–Kier alpha value is -1.14. The third kappa shape index (κ3) is 5.25. The number of benzene rings is 1. The molecule has 2 rings (SSSR count). The largest absolute Gasteiger partial charge is 0.387 e.